The van der Waals surface area contributed by atoms with E-state index in [2.05, 4.69) is 0 Å². The lowest BCUT2D eigenvalue weighted by Crippen LogP contribution is -2.26. The average molecular weight is 239 g/mol. The van der Waals surface area contributed by atoms with E-state index in [0.29, 0.717) is 0 Å². The number of para-hydroxylation sites is 1. The fourth-order valence-electron chi connectivity index (χ4n) is 2.10. The van der Waals surface area contributed by atoms with Crippen LogP contribution in [0.5, 0.6) is 5.75 Å². The Bertz CT molecular complexity index is 342. The third kappa shape index (κ3) is 2.99. The Morgan fingerprint density at radius 3 is 2.31 bits per heavy atom. The topological polar surface area (TPSA) is 26.3 Å². The van der Waals surface area contributed by atoms with Crippen LogP contribution in [0.2, 0.25) is 0 Å². The van der Waals surface area contributed by atoms with E-state index in [-0.39, 0.29) is 17.3 Å². The monoisotopic (exact) mass is 238 g/mol. The van der Waals surface area contributed by atoms with Crippen LogP contribution < -0.4 is 4.74 Å². The van der Waals surface area contributed by atoms with Gasteiger partial charge in [-0.15, -0.1) is 0 Å². The molecule has 0 saturated heterocycles. The third-order valence-corrected chi connectivity index (χ3v) is 3.35. The standard InChI is InChI=1S/C13H15ClO2/c14-13(15)10-6-8-12(9-7-10)16-11-4-2-1-3-5-11/h1-5,10,12H,6-9H2. The molecule has 2 nitrogen and oxygen atoms in total. The molecule has 1 aromatic rings. The van der Waals surface area contributed by atoms with Gasteiger partial charge in [0.1, 0.15) is 5.75 Å². The van der Waals surface area contributed by atoms with Crippen molar-refractivity contribution in [3.63, 3.8) is 0 Å². The van der Waals surface area contributed by atoms with E-state index in [4.69, 9.17) is 16.3 Å². The molecule has 1 aromatic carbocycles. The van der Waals surface area contributed by atoms with Gasteiger partial charge < -0.3 is 4.74 Å². The zero-order valence-electron chi connectivity index (χ0n) is 9.06. The lowest BCUT2D eigenvalue weighted by atomic mass is 9.88. The molecule has 0 radical (unpaired) electrons. The zero-order valence-corrected chi connectivity index (χ0v) is 9.82. The van der Waals surface area contributed by atoms with Crippen molar-refractivity contribution in [3.8, 4) is 5.75 Å². The van der Waals surface area contributed by atoms with Gasteiger partial charge in [0, 0.05) is 5.92 Å². The average Bonchev–Trinajstić information content (AvgIpc) is 2.31. The van der Waals surface area contributed by atoms with E-state index >= 15 is 0 Å². The van der Waals surface area contributed by atoms with E-state index < -0.39 is 0 Å². The first-order valence-corrected chi connectivity index (χ1v) is 6.04. The maximum atomic E-state index is 11.0. The summed E-state index contributed by atoms with van der Waals surface area (Å²) in [5.41, 5.74) is 0. The maximum absolute atomic E-state index is 11.0. The predicted octanol–water partition coefficient (Wildman–Crippen LogP) is 3.39. The lowest BCUT2D eigenvalue weighted by Gasteiger charge is -2.26. The molecule has 1 fully saturated rings. The number of halogens is 1. The molecule has 0 spiro atoms. The summed E-state index contributed by atoms with van der Waals surface area (Å²) in [7, 11) is 0. The maximum Gasteiger partial charge on any atom is 0.224 e. The molecule has 0 bridgehead atoms. The number of rotatable bonds is 3. The van der Waals surface area contributed by atoms with Gasteiger partial charge in [-0.1, -0.05) is 18.2 Å². The number of benzene rings is 1. The van der Waals surface area contributed by atoms with Crippen LogP contribution >= 0.6 is 11.6 Å². The van der Waals surface area contributed by atoms with Gasteiger partial charge in [-0.3, -0.25) is 4.79 Å². The van der Waals surface area contributed by atoms with Crippen LogP contribution in [0.1, 0.15) is 25.7 Å². The van der Waals surface area contributed by atoms with Gasteiger partial charge in [0.15, 0.2) is 0 Å². The van der Waals surface area contributed by atoms with Crippen molar-refractivity contribution in [1.29, 1.82) is 0 Å². The molecular weight excluding hydrogens is 224 g/mol. The second kappa shape index (κ2) is 5.35. The summed E-state index contributed by atoms with van der Waals surface area (Å²) in [6.07, 6.45) is 3.75. The molecule has 86 valence electrons. The quantitative estimate of drug-likeness (QED) is 0.755. The largest absolute Gasteiger partial charge is 0.490 e. The van der Waals surface area contributed by atoms with E-state index in [1.807, 2.05) is 30.3 Å². The summed E-state index contributed by atoms with van der Waals surface area (Å²) in [4.78, 5) is 11.0. The minimum Gasteiger partial charge on any atom is -0.490 e. The van der Waals surface area contributed by atoms with Gasteiger partial charge in [-0.05, 0) is 49.4 Å². The van der Waals surface area contributed by atoms with Crippen molar-refractivity contribution in [3.05, 3.63) is 30.3 Å². The highest BCUT2D eigenvalue weighted by Gasteiger charge is 2.25. The Kier molecular flexibility index (Phi) is 3.83. The van der Waals surface area contributed by atoms with Gasteiger partial charge in [-0.2, -0.15) is 0 Å². The summed E-state index contributed by atoms with van der Waals surface area (Å²) in [6.45, 7) is 0. The van der Waals surface area contributed by atoms with Crippen molar-refractivity contribution in [2.75, 3.05) is 0 Å². The number of hydrogen-bond acceptors (Lipinski definition) is 2. The van der Waals surface area contributed by atoms with Crippen LogP contribution in [0.15, 0.2) is 30.3 Å². The number of carbonyl (C=O) groups is 1. The second-order valence-electron chi connectivity index (χ2n) is 4.21. The van der Waals surface area contributed by atoms with Crippen molar-refractivity contribution < 1.29 is 9.53 Å². The normalized spacial score (nSPS) is 25.1. The minimum atomic E-state index is -0.196. The van der Waals surface area contributed by atoms with Crippen LogP contribution in [0.3, 0.4) is 0 Å². The lowest BCUT2D eigenvalue weighted by molar-refractivity contribution is -0.116. The van der Waals surface area contributed by atoms with Crippen LogP contribution in [0.4, 0.5) is 0 Å². The van der Waals surface area contributed by atoms with Crippen molar-refractivity contribution >= 4 is 16.8 Å². The molecule has 0 unspecified atom stereocenters. The molecule has 1 saturated carbocycles. The highest BCUT2D eigenvalue weighted by molar-refractivity contribution is 6.63. The Morgan fingerprint density at radius 1 is 1.12 bits per heavy atom. The molecule has 3 heteroatoms. The second-order valence-corrected chi connectivity index (χ2v) is 4.58. The van der Waals surface area contributed by atoms with Crippen molar-refractivity contribution in [2.24, 2.45) is 5.92 Å². The summed E-state index contributed by atoms with van der Waals surface area (Å²) in [5.74, 6) is 0.945. The van der Waals surface area contributed by atoms with Gasteiger partial charge in [0.05, 0.1) is 6.10 Å². The molecule has 1 aliphatic carbocycles. The first kappa shape index (κ1) is 11.5. The number of carbonyl (C=O) groups excluding carboxylic acids is 1. The molecule has 0 aliphatic heterocycles. The van der Waals surface area contributed by atoms with E-state index in [0.717, 1.165) is 31.4 Å². The summed E-state index contributed by atoms with van der Waals surface area (Å²) >= 11 is 5.48. The fourth-order valence-corrected chi connectivity index (χ4v) is 2.32. The summed E-state index contributed by atoms with van der Waals surface area (Å²) in [5, 5.41) is -0.196. The first-order chi connectivity index (χ1) is 7.75. The molecule has 0 amide bonds. The fraction of sp³-hybridized carbons (Fsp3) is 0.462. The molecule has 16 heavy (non-hydrogen) atoms. The minimum absolute atomic E-state index is 0.0392. The van der Waals surface area contributed by atoms with E-state index in [1.165, 1.54) is 0 Å². The highest BCUT2D eigenvalue weighted by atomic mass is 35.5. The predicted molar refractivity (Wildman–Crippen MR) is 63.7 cm³/mol. The highest BCUT2D eigenvalue weighted by Crippen LogP contribution is 2.28. The van der Waals surface area contributed by atoms with Crippen molar-refractivity contribution in [1.82, 2.24) is 0 Å². The summed E-state index contributed by atoms with van der Waals surface area (Å²) in [6, 6.07) is 9.81. The molecule has 0 atom stereocenters. The Labute approximate surface area is 101 Å². The Morgan fingerprint density at radius 2 is 1.75 bits per heavy atom. The van der Waals surface area contributed by atoms with Crippen LogP contribution in [-0.4, -0.2) is 11.3 Å². The van der Waals surface area contributed by atoms with Crippen LogP contribution in [0, 0.1) is 5.92 Å². The molecule has 0 N–H and O–H groups in total. The van der Waals surface area contributed by atoms with Gasteiger partial charge in [0.25, 0.3) is 0 Å². The summed E-state index contributed by atoms with van der Waals surface area (Å²) < 4.78 is 5.83. The molecule has 1 aliphatic rings. The van der Waals surface area contributed by atoms with Crippen LogP contribution in [-0.2, 0) is 4.79 Å². The number of ether oxygens (including phenoxy) is 1. The molecule has 2 rings (SSSR count). The molecule has 0 aromatic heterocycles. The zero-order chi connectivity index (χ0) is 11.4. The number of hydrogen-bond donors (Lipinski definition) is 0. The third-order valence-electron chi connectivity index (χ3n) is 3.04. The first-order valence-electron chi connectivity index (χ1n) is 5.67. The Balaban J connectivity index is 1.84. The SMILES string of the molecule is O=C(Cl)C1CCC(Oc2ccccc2)CC1. The Hall–Kier alpha value is -1.02. The molecule has 0 heterocycles. The van der Waals surface area contributed by atoms with Crippen LogP contribution in [0.25, 0.3) is 0 Å². The molecular formula is C13H15ClO2. The smallest absolute Gasteiger partial charge is 0.224 e. The van der Waals surface area contributed by atoms with Gasteiger partial charge in [-0.25, -0.2) is 0 Å². The van der Waals surface area contributed by atoms with E-state index in [9.17, 15) is 4.79 Å². The van der Waals surface area contributed by atoms with Crippen molar-refractivity contribution in [2.45, 2.75) is 31.8 Å². The van der Waals surface area contributed by atoms with Gasteiger partial charge in [0.2, 0.25) is 5.24 Å². The van der Waals surface area contributed by atoms with Gasteiger partial charge >= 0.3 is 0 Å². The van der Waals surface area contributed by atoms with E-state index in [1.54, 1.807) is 0 Å².